The third kappa shape index (κ3) is 42.0. The van der Waals surface area contributed by atoms with Gasteiger partial charge in [0, 0.05) is 12.8 Å². The van der Waals surface area contributed by atoms with Crippen molar-refractivity contribution in [3.8, 4) is 0 Å². The van der Waals surface area contributed by atoms with Crippen molar-refractivity contribution in [1.82, 2.24) is 5.32 Å². The van der Waals surface area contributed by atoms with Crippen molar-refractivity contribution >= 4 is 11.9 Å². The van der Waals surface area contributed by atoms with E-state index in [4.69, 9.17) is 4.74 Å². The minimum absolute atomic E-state index is 0.00204. The van der Waals surface area contributed by atoms with E-state index in [9.17, 15) is 19.8 Å². The van der Waals surface area contributed by atoms with Crippen LogP contribution in [0, 0.1) is 0 Å². The second-order valence-electron chi connectivity index (χ2n) is 16.8. The highest BCUT2D eigenvalue weighted by Gasteiger charge is 2.18. The van der Waals surface area contributed by atoms with Crippen LogP contribution >= 0.6 is 0 Å². The summed E-state index contributed by atoms with van der Waals surface area (Å²) in [6.07, 6.45) is 53.2. The van der Waals surface area contributed by atoms with E-state index < -0.39 is 12.1 Å². The van der Waals surface area contributed by atoms with E-state index in [-0.39, 0.29) is 18.5 Å². The summed E-state index contributed by atoms with van der Waals surface area (Å²) in [5, 5.41) is 22.9. The number of esters is 1. The summed E-state index contributed by atoms with van der Waals surface area (Å²) < 4.78 is 5.45. The molecule has 0 aromatic rings. The Bertz CT molecular complexity index is 874. The molecular formula is C50H95NO5. The molecule has 56 heavy (non-hydrogen) atoms. The molecule has 0 heterocycles. The van der Waals surface area contributed by atoms with Crippen LogP contribution < -0.4 is 5.32 Å². The number of unbranched alkanes of at least 4 members (excludes halogenated alkanes) is 32. The quantitative estimate of drug-likeness (QED) is 0.0324. The van der Waals surface area contributed by atoms with Crippen LogP contribution in [0.2, 0.25) is 0 Å². The Balaban J connectivity index is 3.45. The van der Waals surface area contributed by atoms with E-state index in [1.807, 2.05) is 6.08 Å². The van der Waals surface area contributed by atoms with Gasteiger partial charge in [-0.3, -0.25) is 9.59 Å². The number of rotatable bonds is 45. The normalized spacial score (nSPS) is 12.9. The van der Waals surface area contributed by atoms with Crippen LogP contribution in [0.15, 0.2) is 24.3 Å². The highest BCUT2D eigenvalue weighted by atomic mass is 16.5. The number of hydrogen-bond donors (Lipinski definition) is 3. The number of aliphatic hydroxyl groups excluding tert-OH is 2. The van der Waals surface area contributed by atoms with Crippen molar-refractivity contribution in [2.45, 2.75) is 270 Å². The zero-order valence-corrected chi connectivity index (χ0v) is 37.4. The van der Waals surface area contributed by atoms with E-state index in [0.29, 0.717) is 19.4 Å². The van der Waals surface area contributed by atoms with Gasteiger partial charge in [-0.05, 0) is 57.8 Å². The average molecular weight is 790 g/mol. The number of hydrogen-bond acceptors (Lipinski definition) is 5. The SMILES string of the molecule is CCCCCCCCC/C=C/C(O)C(CO)NC(=O)CCCCCCCCC/C=C\CCCCCCCCOC(=O)CCCCCCCCCCCCCCC. The Morgan fingerprint density at radius 3 is 1.27 bits per heavy atom. The largest absolute Gasteiger partial charge is 0.466 e. The smallest absolute Gasteiger partial charge is 0.305 e. The summed E-state index contributed by atoms with van der Waals surface area (Å²) in [7, 11) is 0. The van der Waals surface area contributed by atoms with Crippen LogP contribution in [0.3, 0.4) is 0 Å². The lowest BCUT2D eigenvalue weighted by Gasteiger charge is -2.20. The highest BCUT2D eigenvalue weighted by molar-refractivity contribution is 5.76. The van der Waals surface area contributed by atoms with E-state index >= 15 is 0 Å². The molecule has 0 aromatic carbocycles. The lowest BCUT2D eigenvalue weighted by atomic mass is 10.0. The molecule has 0 saturated heterocycles. The van der Waals surface area contributed by atoms with Crippen molar-refractivity contribution in [3.05, 3.63) is 24.3 Å². The fraction of sp³-hybridized carbons (Fsp3) is 0.880. The van der Waals surface area contributed by atoms with Crippen LogP contribution in [-0.4, -0.2) is 47.4 Å². The molecule has 2 atom stereocenters. The first-order chi connectivity index (χ1) is 27.5. The summed E-state index contributed by atoms with van der Waals surface area (Å²) in [5.74, 6) is -0.0853. The molecule has 0 bridgehead atoms. The van der Waals surface area contributed by atoms with Gasteiger partial charge in [-0.1, -0.05) is 212 Å². The van der Waals surface area contributed by atoms with Crippen LogP contribution in [0.25, 0.3) is 0 Å². The maximum absolute atomic E-state index is 12.3. The van der Waals surface area contributed by atoms with Crippen LogP contribution in [0.1, 0.15) is 258 Å². The molecule has 2 unspecified atom stereocenters. The maximum atomic E-state index is 12.3. The van der Waals surface area contributed by atoms with Gasteiger partial charge in [-0.15, -0.1) is 0 Å². The van der Waals surface area contributed by atoms with Gasteiger partial charge in [-0.2, -0.15) is 0 Å². The Labute approximate surface area is 348 Å². The number of nitrogens with one attached hydrogen (secondary N) is 1. The molecule has 1 amide bonds. The van der Waals surface area contributed by atoms with Crippen molar-refractivity contribution < 1.29 is 24.5 Å². The molecule has 330 valence electrons. The first-order valence-corrected chi connectivity index (χ1v) is 24.6. The molecular weight excluding hydrogens is 695 g/mol. The van der Waals surface area contributed by atoms with Gasteiger partial charge in [0.2, 0.25) is 5.91 Å². The summed E-state index contributed by atoms with van der Waals surface area (Å²) in [5.41, 5.74) is 0. The van der Waals surface area contributed by atoms with E-state index in [1.165, 1.54) is 173 Å². The Kier molecular flexibility index (Phi) is 44.7. The average Bonchev–Trinajstić information content (AvgIpc) is 3.20. The number of allylic oxidation sites excluding steroid dienone is 3. The lowest BCUT2D eigenvalue weighted by molar-refractivity contribution is -0.143. The molecule has 0 rings (SSSR count). The van der Waals surface area contributed by atoms with Crippen LogP contribution in [0.5, 0.6) is 0 Å². The van der Waals surface area contributed by atoms with Crippen molar-refractivity contribution in [1.29, 1.82) is 0 Å². The predicted molar refractivity (Wildman–Crippen MR) is 241 cm³/mol. The van der Waals surface area contributed by atoms with Crippen molar-refractivity contribution in [3.63, 3.8) is 0 Å². The minimum atomic E-state index is -0.849. The predicted octanol–water partition coefficient (Wildman–Crippen LogP) is 14.3. The van der Waals surface area contributed by atoms with Gasteiger partial charge in [0.05, 0.1) is 25.4 Å². The van der Waals surface area contributed by atoms with Crippen molar-refractivity contribution in [2.24, 2.45) is 0 Å². The standard InChI is InChI=1S/C50H95NO5/c1-3-5-7-9-11-13-14-20-24-28-32-36-40-44-50(55)56-45-41-37-33-29-25-22-19-17-15-16-18-21-23-27-31-35-39-43-49(54)51-47(46-52)48(53)42-38-34-30-26-12-10-8-6-4-2/h15,17,38,42,47-48,52-53H,3-14,16,18-37,39-41,43-46H2,1-2H3,(H,51,54)/b17-15-,42-38+. The topological polar surface area (TPSA) is 95.9 Å². The zero-order valence-electron chi connectivity index (χ0n) is 37.4. The van der Waals surface area contributed by atoms with Crippen LogP contribution in [0.4, 0.5) is 0 Å². The van der Waals surface area contributed by atoms with Gasteiger partial charge in [0.15, 0.2) is 0 Å². The Morgan fingerprint density at radius 1 is 0.482 bits per heavy atom. The molecule has 0 aromatic heterocycles. The summed E-state index contributed by atoms with van der Waals surface area (Å²) in [6.45, 7) is 4.85. The summed E-state index contributed by atoms with van der Waals surface area (Å²) in [4.78, 5) is 24.3. The summed E-state index contributed by atoms with van der Waals surface area (Å²) >= 11 is 0. The molecule has 0 aliphatic carbocycles. The monoisotopic (exact) mass is 790 g/mol. The molecule has 0 saturated carbocycles. The van der Waals surface area contributed by atoms with Crippen molar-refractivity contribution in [2.75, 3.05) is 13.2 Å². The number of aliphatic hydroxyl groups is 2. The van der Waals surface area contributed by atoms with Crippen LogP contribution in [-0.2, 0) is 14.3 Å². The second-order valence-corrected chi connectivity index (χ2v) is 16.8. The number of amides is 1. The van der Waals surface area contributed by atoms with E-state index in [2.05, 4.69) is 31.3 Å². The molecule has 0 aliphatic rings. The molecule has 0 fully saturated rings. The second kappa shape index (κ2) is 46.0. The number of carbonyl (C=O) groups is 2. The lowest BCUT2D eigenvalue weighted by Crippen LogP contribution is -2.45. The van der Waals surface area contributed by atoms with Gasteiger partial charge < -0.3 is 20.3 Å². The maximum Gasteiger partial charge on any atom is 0.305 e. The summed E-state index contributed by atoms with van der Waals surface area (Å²) in [6, 6.07) is -0.634. The van der Waals surface area contributed by atoms with E-state index in [0.717, 1.165) is 57.8 Å². The fourth-order valence-corrected chi connectivity index (χ4v) is 7.39. The number of ether oxygens (including phenoxy) is 1. The van der Waals surface area contributed by atoms with Gasteiger partial charge in [0.25, 0.3) is 0 Å². The molecule has 0 aliphatic heterocycles. The van der Waals surface area contributed by atoms with Gasteiger partial charge in [-0.25, -0.2) is 0 Å². The first kappa shape index (κ1) is 54.3. The Morgan fingerprint density at radius 2 is 0.839 bits per heavy atom. The molecule has 0 radical (unpaired) electrons. The minimum Gasteiger partial charge on any atom is -0.466 e. The zero-order chi connectivity index (χ0) is 40.8. The Hall–Kier alpha value is -1.66. The third-order valence-corrected chi connectivity index (χ3v) is 11.2. The molecule has 6 nitrogen and oxygen atoms in total. The molecule has 0 spiro atoms. The first-order valence-electron chi connectivity index (χ1n) is 24.6. The molecule has 3 N–H and O–H groups in total. The highest BCUT2D eigenvalue weighted by Crippen LogP contribution is 2.15. The van der Waals surface area contributed by atoms with E-state index in [1.54, 1.807) is 6.08 Å². The fourth-order valence-electron chi connectivity index (χ4n) is 7.39. The third-order valence-electron chi connectivity index (χ3n) is 11.2. The molecule has 6 heteroatoms. The van der Waals surface area contributed by atoms with Gasteiger partial charge in [0.1, 0.15) is 0 Å². The number of carbonyl (C=O) groups excluding carboxylic acids is 2. The van der Waals surface area contributed by atoms with Gasteiger partial charge >= 0.3 is 5.97 Å².